The van der Waals surface area contributed by atoms with E-state index in [9.17, 15) is 9.90 Å². The Kier molecular flexibility index (Phi) is 3.87. The van der Waals surface area contributed by atoms with Gasteiger partial charge in [0, 0.05) is 12.0 Å². The summed E-state index contributed by atoms with van der Waals surface area (Å²) in [6, 6.07) is 5.65. The first-order valence-corrected chi connectivity index (χ1v) is 6.40. The molecule has 3 N–H and O–H groups in total. The zero-order chi connectivity index (χ0) is 13.1. The summed E-state index contributed by atoms with van der Waals surface area (Å²) in [5.74, 6) is 0.162. The topological polar surface area (TPSA) is 61.4 Å². The summed E-state index contributed by atoms with van der Waals surface area (Å²) < 4.78 is 0. The fourth-order valence-electron chi connectivity index (χ4n) is 2.35. The van der Waals surface area contributed by atoms with Crippen molar-refractivity contribution in [1.29, 1.82) is 0 Å². The second-order valence-corrected chi connectivity index (χ2v) is 5.09. The molecular formula is C14H20N2O2. The van der Waals surface area contributed by atoms with Crippen LogP contribution in [-0.2, 0) is 4.79 Å². The van der Waals surface area contributed by atoms with Crippen LogP contribution in [0.4, 0.5) is 5.69 Å². The zero-order valence-corrected chi connectivity index (χ0v) is 10.9. The molecule has 18 heavy (non-hydrogen) atoms. The predicted octanol–water partition coefficient (Wildman–Crippen LogP) is 2.03. The molecule has 2 atom stereocenters. The highest BCUT2D eigenvalue weighted by Crippen LogP contribution is 2.26. The molecule has 0 aromatic heterocycles. The van der Waals surface area contributed by atoms with Crippen LogP contribution in [0.25, 0.3) is 0 Å². The first-order valence-electron chi connectivity index (χ1n) is 6.40. The van der Waals surface area contributed by atoms with E-state index in [4.69, 9.17) is 0 Å². The lowest BCUT2D eigenvalue weighted by atomic mass is 9.92. The number of anilines is 1. The van der Waals surface area contributed by atoms with Crippen molar-refractivity contribution >= 4 is 11.6 Å². The van der Waals surface area contributed by atoms with E-state index >= 15 is 0 Å². The van der Waals surface area contributed by atoms with E-state index in [0.717, 1.165) is 24.9 Å². The van der Waals surface area contributed by atoms with Crippen LogP contribution in [0.15, 0.2) is 18.2 Å². The minimum Gasteiger partial charge on any atom is -0.506 e. The third-order valence-electron chi connectivity index (χ3n) is 3.41. The van der Waals surface area contributed by atoms with Crippen molar-refractivity contribution < 1.29 is 9.90 Å². The summed E-state index contributed by atoms with van der Waals surface area (Å²) in [6.45, 7) is 4.86. The Balaban J connectivity index is 2.02. The van der Waals surface area contributed by atoms with Crippen LogP contribution in [0.1, 0.15) is 25.3 Å². The Hall–Kier alpha value is -1.55. The molecule has 1 amide bonds. The van der Waals surface area contributed by atoms with Gasteiger partial charge >= 0.3 is 0 Å². The van der Waals surface area contributed by atoms with Crippen molar-refractivity contribution in [2.75, 3.05) is 11.9 Å². The number of nitrogens with one attached hydrogen (secondary N) is 2. The van der Waals surface area contributed by atoms with Crippen molar-refractivity contribution in [3.63, 3.8) is 0 Å². The number of aryl methyl sites for hydroxylation is 1. The number of aromatic hydroxyl groups is 1. The highest BCUT2D eigenvalue weighted by Gasteiger charge is 2.25. The summed E-state index contributed by atoms with van der Waals surface area (Å²) in [5, 5.41) is 15.9. The maximum Gasteiger partial charge on any atom is 0.227 e. The number of piperidine rings is 1. The van der Waals surface area contributed by atoms with E-state index in [1.807, 2.05) is 13.0 Å². The molecule has 1 aliphatic heterocycles. The van der Waals surface area contributed by atoms with Crippen LogP contribution in [0, 0.1) is 12.8 Å². The molecule has 0 aliphatic carbocycles. The summed E-state index contributed by atoms with van der Waals surface area (Å²) in [7, 11) is 0. The zero-order valence-electron chi connectivity index (χ0n) is 10.9. The van der Waals surface area contributed by atoms with Crippen molar-refractivity contribution in [1.82, 2.24) is 5.32 Å². The molecular weight excluding hydrogens is 228 g/mol. The number of carbonyl (C=O) groups excluding carboxylic acids is 1. The molecule has 0 bridgehead atoms. The number of hydrogen-bond acceptors (Lipinski definition) is 3. The highest BCUT2D eigenvalue weighted by molar-refractivity contribution is 5.94. The molecule has 1 aliphatic rings. The lowest BCUT2D eigenvalue weighted by Crippen LogP contribution is -2.40. The molecule has 0 spiro atoms. The molecule has 0 saturated carbocycles. The van der Waals surface area contributed by atoms with Gasteiger partial charge in [0.05, 0.1) is 5.69 Å². The molecule has 1 aromatic carbocycles. The van der Waals surface area contributed by atoms with Gasteiger partial charge in [0.2, 0.25) is 5.91 Å². The number of hydrogen-bond donors (Lipinski definition) is 3. The van der Waals surface area contributed by atoms with Gasteiger partial charge in [-0.05, 0) is 50.9 Å². The second-order valence-electron chi connectivity index (χ2n) is 5.09. The Labute approximate surface area is 107 Å². The van der Waals surface area contributed by atoms with Crippen LogP contribution < -0.4 is 10.6 Å². The Morgan fingerprint density at radius 3 is 2.94 bits per heavy atom. The van der Waals surface area contributed by atoms with Crippen molar-refractivity contribution in [3.8, 4) is 5.75 Å². The van der Waals surface area contributed by atoms with Gasteiger partial charge in [0.1, 0.15) is 5.75 Å². The number of amides is 1. The number of phenols is 1. The van der Waals surface area contributed by atoms with E-state index in [0.29, 0.717) is 11.7 Å². The first kappa shape index (κ1) is 12.9. The molecule has 1 heterocycles. The van der Waals surface area contributed by atoms with E-state index in [-0.39, 0.29) is 17.6 Å². The average molecular weight is 248 g/mol. The normalized spacial score (nSPS) is 23.7. The molecule has 2 rings (SSSR count). The SMILES string of the molecule is Cc1ccc(NC(=O)[C@H]2CCN[C@@H](C)C2)c(O)c1. The second kappa shape index (κ2) is 5.40. The maximum atomic E-state index is 12.1. The summed E-state index contributed by atoms with van der Waals surface area (Å²) in [6.07, 6.45) is 1.70. The molecule has 4 heteroatoms. The number of benzene rings is 1. The standard InChI is InChI=1S/C14H20N2O2/c1-9-3-4-12(13(17)7-9)16-14(18)11-5-6-15-10(2)8-11/h3-4,7,10-11,15,17H,5-6,8H2,1-2H3,(H,16,18)/t10-,11-/m0/s1. The van der Waals surface area contributed by atoms with Crippen LogP contribution in [0.2, 0.25) is 0 Å². The smallest absolute Gasteiger partial charge is 0.227 e. The minimum atomic E-state index is 0.00232. The monoisotopic (exact) mass is 248 g/mol. The summed E-state index contributed by atoms with van der Waals surface area (Å²) in [5.41, 5.74) is 1.47. The van der Waals surface area contributed by atoms with Gasteiger partial charge < -0.3 is 15.7 Å². The van der Waals surface area contributed by atoms with Crippen molar-refractivity contribution in [2.45, 2.75) is 32.7 Å². The highest BCUT2D eigenvalue weighted by atomic mass is 16.3. The van der Waals surface area contributed by atoms with Gasteiger partial charge in [-0.2, -0.15) is 0 Å². The fraction of sp³-hybridized carbons (Fsp3) is 0.500. The molecule has 0 radical (unpaired) electrons. The van der Waals surface area contributed by atoms with Crippen LogP contribution in [-0.4, -0.2) is 23.6 Å². The van der Waals surface area contributed by atoms with Crippen LogP contribution in [0.3, 0.4) is 0 Å². The van der Waals surface area contributed by atoms with Gasteiger partial charge in [0.15, 0.2) is 0 Å². The lowest BCUT2D eigenvalue weighted by molar-refractivity contribution is -0.120. The molecule has 1 aromatic rings. The quantitative estimate of drug-likeness (QED) is 0.702. The third-order valence-corrected chi connectivity index (χ3v) is 3.41. The third kappa shape index (κ3) is 3.01. The Morgan fingerprint density at radius 1 is 1.50 bits per heavy atom. The van der Waals surface area contributed by atoms with Gasteiger partial charge in [-0.15, -0.1) is 0 Å². The maximum absolute atomic E-state index is 12.1. The molecule has 1 fully saturated rings. The summed E-state index contributed by atoms with van der Waals surface area (Å²) in [4.78, 5) is 12.1. The number of rotatable bonds is 2. The van der Waals surface area contributed by atoms with Crippen molar-refractivity contribution in [3.05, 3.63) is 23.8 Å². The van der Waals surface area contributed by atoms with Gasteiger partial charge in [-0.25, -0.2) is 0 Å². The Bertz CT molecular complexity index is 445. The van der Waals surface area contributed by atoms with Crippen LogP contribution >= 0.6 is 0 Å². The molecule has 0 unspecified atom stereocenters. The molecule has 98 valence electrons. The molecule has 4 nitrogen and oxygen atoms in total. The number of carbonyl (C=O) groups is 1. The van der Waals surface area contributed by atoms with E-state index in [2.05, 4.69) is 17.6 Å². The van der Waals surface area contributed by atoms with E-state index in [1.54, 1.807) is 12.1 Å². The van der Waals surface area contributed by atoms with Gasteiger partial charge in [-0.1, -0.05) is 6.07 Å². The lowest BCUT2D eigenvalue weighted by Gasteiger charge is -2.27. The van der Waals surface area contributed by atoms with Gasteiger partial charge in [-0.3, -0.25) is 4.79 Å². The average Bonchev–Trinajstić information content (AvgIpc) is 2.32. The van der Waals surface area contributed by atoms with E-state index < -0.39 is 0 Å². The number of phenolic OH excluding ortho intramolecular Hbond substituents is 1. The van der Waals surface area contributed by atoms with E-state index in [1.165, 1.54) is 0 Å². The Morgan fingerprint density at radius 2 is 2.28 bits per heavy atom. The molecule has 1 saturated heterocycles. The first-order chi connectivity index (χ1) is 8.56. The fourth-order valence-corrected chi connectivity index (χ4v) is 2.35. The largest absolute Gasteiger partial charge is 0.506 e. The van der Waals surface area contributed by atoms with Crippen molar-refractivity contribution in [2.24, 2.45) is 5.92 Å². The van der Waals surface area contributed by atoms with Crippen LogP contribution in [0.5, 0.6) is 5.75 Å². The summed E-state index contributed by atoms with van der Waals surface area (Å²) >= 11 is 0. The van der Waals surface area contributed by atoms with Gasteiger partial charge in [0.25, 0.3) is 0 Å². The minimum absolute atomic E-state index is 0.00232. The predicted molar refractivity (Wildman–Crippen MR) is 71.7 cm³/mol.